The van der Waals surface area contributed by atoms with Crippen molar-refractivity contribution in [2.45, 2.75) is 38.5 Å². The van der Waals surface area contributed by atoms with E-state index in [0.29, 0.717) is 25.7 Å². The summed E-state index contributed by atoms with van der Waals surface area (Å²) in [7, 11) is 0. The Labute approximate surface area is 95.7 Å². The summed E-state index contributed by atoms with van der Waals surface area (Å²) < 4.78 is 0. The lowest BCUT2D eigenvalue weighted by atomic mass is 9.86. The number of amides is 1. The van der Waals surface area contributed by atoms with E-state index in [2.05, 4.69) is 11.9 Å². The molecule has 2 N–H and O–H groups in total. The highest BCUT2D eigenvalue weighted by Gasteiger charge is 2.41. The highest BCUT2D eigenvalue weighted by Crippen LogP contribution is 2.37. The minimum atomic E-state index is -0.783. The van der Waals surface area contributed by atoms with Crippen LogP contribution in [-0.2, 0) is 9.59 Å². The summed E-state index contributed by atoms with van der Waals surface area (Å²) in [6.07, 6.45) is 5.92. The van der Waals surface area contributed by atoms with E-state index in [1.54, 1.807) is 6.08 Å². The van der Waals surface area contributed by atoms with Crippen LogP contribution in [0.25, 0.3) is 0 Å². The molecule has 0 spiro atoms. The third kappa shape index (κ3) is 3.08. The van der Waals surface area contributed by atoms with Crippen molar-refractivity contribution in [3.05, 3.63) is 12.7 Å². The summed E-state index contributed by atoms with van der Waals surface area (Å²) in [5.74, 6) is -0.874. The molecule has 0 aromatic heterocycles. The van der Waals surface area contributed by atoms with Gasteiger partial charge in [-0.2, -0.15) is 0 Å². The van der Waals surface area contributed by atoms with Gasteiger partial charge in [0.1, 0.15) is 0 Å². The van der Waals surface area contributed by atoms with E-state index in [1.807, 2.05) is 0 Å². The van der Waals surface area contributed by atoms with Gasteiger partial charge in [0.15, 0.2) is 0 Å². The van der Waals surface area contributed by atoms with Gasteiger partial charge in [0.25, 0.3) is 0 Å². The quantitative estimate of drug-likeness (QED) is 0.676. The molecule has 1 rings (SSSR count). The third-order valence-corrected chi connectivity index (χ3v) is 3.21. The molecule has 1 aliphatic rings. The fourth-order valence-corrected chi connectivity index (χ4v) is 2.11. The molecule has 1 saturated carbocycles. The Bertz CT molecular complexity index is 280. The van der Waals surface area contributed by atoms with Crippen molar-refractivity contribution in [2.24, 2.45) is 5.41 Å². The number of carbonyl (C=O) groups is 2. The second-order valence-corrected chi connectivity index (χ2v) is 4.40. The lowest BCUT2D eigenvalue weighted by molar-refractivity contribution is -0.148. The molecule has 90 valence electrons. The van der Waals surface area contributed by atoms with Crippen LogP contribution in [0.2, 0.25) is 0 Å². The second kappa shape index (κ2) is 5.68. The lowest BCUT2D eigenvalue weighted by Gasteiger charge is -2.23. The van der Waals surface area contributed by atoms with Gasteiger partial charge in [-0.25, -0.2) is 0 Å². The highest BCUT2D eigenvalue weighted by molar-refractivity contribution is 5.79. The molecule has 1 fully saturated rings. The Hall–Kier alpha value is -1.32. The van der Waals surface area contributed by atoms with Crippen molar-refractivity contribution >= 4 is 11.9 Å². The van der Waals surface area contributed by atoms with Crippen LogP contribution in [0.15, 0.2) is 12.7 Å². The van der Waals surface area contributed by atoms with E-state index in [-0.39, 0.29) is 12.5 Å². The summed E-state index contributed by atoms with van der Waals surface area (Å²) in [5.41, 5.74) is -0.718. The number of aliphatic carboxylic acids is 1. The van der Waals surface area contributed by atoms with Crippen LogP contribution in [0, 0.1) is 5.41 Å². The van der Waals surface area contributed by atoms with E-state index < -0.39 is 11.4 Å². The van der Waals surface area contributed by atoms with Crippen molar-refractivity contribution < 1.29 is 14.7 Å². The van der Waals surface area contributed by atoms with Crippen LogP contribution in [0.1, 0.15) is 38.5 Å². The number of carboxylic acid groups (broad SMARTS) is 1. The number of carboxylic acids is 1. The Morgan fingerprint density at radius 3 is 2.50 bits per heavy atom. The van der Waals surface area contributed by atoms with Crippen LogP contribution < -0.4 is 5.32 Å². The molecule has 0 saturated heterocycles. The largest absolute Gasteiger partial charge is 0.481 e. The van der Waals surface area contributed by atoms with E-state index in [4.69, 9.17) is 0 Å². The summed E-state index contributed by atoms with van der Waals surface area (Å²) in [5, 5.41) is 11.9. The molecule has 1 amide bonds. The minimum Gasteiger partial charge on any atom is -0.481 e. The molecule has 0 bridgehead atoms. The molecule has 1 aliphatic carbocycles. The van der Waals surface area contributed by atoms with Crippen molar-refractivity contribution in [1.29, 1.82) is 0 Å². The number of hydrogen-bond donors (Lipinski definition) is 2. The van der Waals surface area contributed by atoms with Gasteiger partial charge in [-0.05, 0) is 19.3 Å². The molecule has 0 heterocycles. The zero-order valence-electron chi connectivity index (χ0n) is 9.50. The second-order valence-electron chi connectivity index (χ2n) is 4.40. The normalized spacial score (nSPS) is 18.0. The smallest absolute Gasteiger partial charge is 0.311 e. The van der Waals surface area contributed by atoms with Gasteiger partial charge >= 0.3 is 5.97 Å². The minimum absolute atomic E-state index is 0.0903. The van der Waals surface area contributed by atoms with Crippen LogP contribution >= 0.6 is 0 Å². The van der Waals surface area contributed by atoms with Gasteiger partial charge in [0, 0.05) is 13.0 Å². The van der Waals surface area contributed by atoms with E-state index >= 15 is 0 Å². The van der Waals surface area contributed by atoms with Gasteiger partial charge in [0.05, 0.1) is 5.41 Å². The number of rotatable bonds is 6. The summed E-state index contributed by atoms with van der Waals surface area (Å²) in [6.45, 7) is 3.80. The van der Waals surface area contributed by atoms with E-state index in [1.165, 1.54) is 0 Å². The van der Waals surface area contributed by atoms with Crippen LogP contribution in [-0.4, -0.2) is 23.5 Å². The lowest BCUT2D eigenvalue weighted by Crippen LogP contribution is -2.41. The standard InChI is InChI=1S/C12H19NO3/c1-2-3-6-10(14)13-9-12(11(15)16)7-4-5-8-12/h2H,1,3-9H2,(H,13,14)(H,15,16). The first-order valence-electron chi connectivity index (χ1n) is 5.72. The fourth-order valence-electron chi connectivity index (χ4n) is 2.11. The van der Waals surface area contributed by atoms with Gasteiger partial charge in [-0.15, -0.1) is 6.58 Å². The average Bonchev–Trinajstić information content (AvgIpc) is 2.73. The van der Waals surface area contributed by atoms with Crippen molar-refractivity contribution in [3.8, 4) is 0 Å². The van der Waals surface area contributed by atoms with E-state index in [0.717, 1.165) is 12.8 Å². The first kappa shape index (κ1) is 12.7. The Kier molecular flexibility index (Phi) is 4.52. The van der Waals surface area contributed by atoms with Gasteiger partial charge in [-0.3, -0.25) is 9.59 Å². The van der Waals surface area contributed by atoms with Gasteiger partial charge in [0.2, 0.25) is 5.91 Å². The topological polar surface area (TPSA) is 66.4 Å². The maximum absolute atomic E-state index is 11.4. The molecule has 0 unspecified atom stereocenters. The summed E-state index contributed by atoms with van der Waals surface area (Å²) in [4.78, 5) is 22.6. The van der Waals surface area contributed by atoms with Crippen LogP contribution in [0.4, 0.5) is 0 Å². The first-order chi connectivity index (χ1) is 7.60. The van der Waals surface area contributed by atoms with Crippen molar-refractivity contribution in [1.82, 2.24) is 5.32 Å². The molecule has 4 heteroatoms. The Balaban J connectivity index is 2.42. The average molecular weight is 225 g/mol. The Morgan fingerprint density at radius 1 is 1.38 bits per heavy atom. The first-order valence-corrected chi connectivity index (χ1v) is 5.72. The molecular formula is C12H19NO3. The molecule has 0 radical (unpaired) electrons. The fraction of sp³-hybridized carbons (Fsp3) is 0.667. The summed E-state index contributed by atoms with van der Waals surface area (Å²) >= 11 is 0. The third-order valence-electron chi connectivity index (χ3n) is 3.21. The summed E-state index contributed by atoms with van der Waals surface area (Å²) in [6, 6.07) is 0. The highest BCUT2D eigenvalue weighted by atomic mass is 16.4. The van der Waals surface area contributed by atoms with Crippen LogP contribution in [0.5, 0.6) is 0 Å². The number of carbonyl (C=O) groups excluding carboxylic acids is 1. The Morgan fingerprint density at radius 2 is 2.00 bits per heavy atom. The number of nitrogens with one attached hydrogen (secondary N) is 1. The van der Waals surface area contributed by atoms with Crippen LogP contribution in [0.3, 0.4) is 0 Å². The molecule has 0 atom stereocenters. The zero-order valence-corrected chi connectivity index (χ0v) is 9.50. The molecule has 4 nitrogen and oxygen atoms in total. The molecule has 0 aliphatic heterocycles. The molecule has 0 aromatic rings. The number of hydrogen-bond acceptors (Lipinski definition) is 2. The predicted molar refractivity (Wildman–Crippen MR) is 61.0 cm³/mol. The monoisotopic (exact) mass is 225 g/mol. The van der Waals surface area contributed by atoms with Crippen molar-refractivity contribution in [2.75, 3.05) is 6.54 Å². The van der Waals surface area contributed by atoms with Gasteiger partial charge < -0.3 is 10.4 Å². The SMILES string of the molecule is C=CCCC(=O)NCC1(C(=O)O)CCCC1. The van der Waals surface area contributed by atoms with E-state index in [9.17, 15) is 14.7 Å². The van der Waals surface area contributed by atoms with Crippen molar-refractivity contribution in [3.63, 3.8) is 0 Å². The molecular weight excluding hydrogens is 206 g/mol. The molecule has 0 aromatic carbocycles. The van der Waals surface area contributed by atoms with Gasteiger partial charge in [-0.1, -0.05) is 18.9 Å². The zero-order chi connectivity index (χ0) is 12.0. The maximum atomic E-state index is 11.4. The molecule has 16 heavy (non-hydrogen) atoms. The maximum Gasteiger partial charge on any atom is 0.311 e. The number of allylic oxidation sites excluding steroid dienone is 1. The predicted octanol–water partition coefficient (Wildman–Crippen LogP) is 1.71.